The largest absolute Gasteiger partial charge is 0.492 e. The Hall–Kier alpha value is -2.99. The molecular weight excluding hydrogens is 380 g/mol. The molecule has 0 atom stereocenters. The summed E-state index contributed by atoms with van der Waals surface area (Å²) in [7, 11) is 0. The van der Waals surface area contributed by atoms with Gasteiger partial charge in [0.2, 0.25) is 5.76 Å². The minimum Gasteiger partial charge on any atom is -0.492 e. The molecule has 2 heterocycles. The van der Waals surface area contributed by atoms with Gasteiger partial charge in [0.1, 0.15) is 11.3 Å². The van der Waals surface area contributed by atoms with E-state index < -0.39 is 5.97 Å². The summed E-state index contributed by atoms with van der Waals surface area (Å²) in [4.78, 5) is 17.2. The third kappa shape index (κ3) is 4.14. The number of benzene rings is 2. The van der Waals surface area contributed by atoms with Gasteiger partial charge in [0.15, 0.2) is 0 Å². The Labute approximate surface area is 177 Å². The smallest absolute Gasteiger partial charge is 0.374 e. The molecule has 2 aromatic carbocycles. The molecule has 0 saturated carbocycles. The Kier molecular flexibility index (Phi) is 6.23. The van der Waals surface area contributed by atoms with Gasteiger partial charge in [-0.25, -0.2) is 4.79 Å². The van der Waals surface area contributed by atoms with Crippen LogP contribution in [0.3, 0.4) is 0 Å². The normalized spacial score (nSPS) is 14.8. The molecular formula is C24H28N2O4. The van der Waals surface area contributed by atoms with E-state index >= 15 is 0 Å². The number of ether oxygens (including phenoxy) is 2. The monoisotopic (exact) mass is 408 g/mol. The van der Waals surface area contributed by atoms with Crippen LogP contribution in [0, 0.1) is 0 Å². The number of hydrogen-bond donors (Lipinski definition) is 0. The van der Waals surface area contributed by atoms with Crippen molar-refractivity contribution >= 4 is 22.6 Å². The van der Waals surface area contributed by atoms with Gasteiger partial charge in [0.05, 0.1) is 18.9 Å². The lowest BCUT2D eigenvalue weighted by atomic mass is 10.1. The van der Waals surface area contributed by atoms with Crippen molar-refractivity contribution in [3.63, 3.8) is 0 Å². The van der Waals surface area contributed by atoms with Gasteiger partial charge in [0, 0.05) is 43.7 Å². The maximum Gasteiger partial charge on any atom is 0.374 e. The van der Waals surface area contributed by atoms with Crippen molar-refractivity contribution in [1.82, 2.24) is 4.90 Å². The van der Waals surface area contributed by atoms with Crippen molar-refractivity contribution in [2.45, 2.75) is 20.4 Å². The molecule has 0 unspecified atom stereocenters. The summed E-state index contributed by atoms with van der Waals surface area (Å²) in [6.45, 7) is 9.03. The molecule has 158 valence electrons. The number of furan rings is 1. The van der Waals surface area contributed by atoms with Crippen molar-refractivity contribution in [1.29, 1.82) is 0 Å². The quantitative estimate of drug-likeness (QED) is 0.543. The Bertz CT molecular complexity index is 1010. The number of para-hydroxylation sites is 3. The molecule has 6 heteroatoms. The lowest BCUT2D eigenvalue weighted by Gasteiger charge is -2.36. The van der Waals surface area contributed by atoms with Crippen molar-refractivity contribution in [3.8, 4) is 5.75 Å². The van der Waals surface area contributed by atoms with E-state index in [-0.39, 0.29) is 0 Å². The zero-order valence-corrected chi connectivity index (χ0v) is 17.6. The standard InChI is InChI=1S/C24H28N2O4/c1-3-28-22-12-8-6-10-20(22)26-15-13-25(14-16-26)17-19-18-9-5-7-11-21(18)30-23(19)24(27)29-4-2/h5-12H,3-4,13-17H2,1-2H3. The SMILES string of the molecule is CCOC(=O)c1oc2ccccc2c1CN1CCN(c2ccccc2OCC)CC1. The van der Waals surface area contributed by atoms with E-state index in [4.69, 9.17) is 13.9 Å². The summed E-state index contributed by atoms with van der Waals surface area (Å²) in [5.74, 6) is 0.856. The number of carbonyl (C=O) groups is 1. The number of piperazine rings is 1. The molecule has 0 amide bonds. The van der Waals surface area contributed by atoms with Crippen LogP contribution in [0.4, 0.5) is 5.69 Å². The molecule has 0 bridgehead atoms. The van der Waals surface area contributed by atoms with Crippen LogP contribution < -0.4 is 9.64 Å². The molecule has 3 aromatic rings. The van der Waals surface area contributed by atoms with Gasteiger partial charge in [-0.15, -0.1) is 0 Å². The zero-order chi connectivity index (χ0) is 20.9. The van der Waals surface area contributed by atoms with Crippen LogP contribution in [0.2, 0.25) is 0 Å². The van der Waals surface area contributed by atoms with Gasteiger partial charge in [0.25, 0.3) is 0 Å². The number of carbonyl (C=O) groups excluding carboxylic acids is 1. The average Bonchev–Trinajstić information content (AvgIpc) is 3.14. The molecule has 1 fully saturated rings. The molecule has 1 aliphatic rings. The van der Waals surface area contributed by atoms with Crippen LogP contribution in [0.5, 0.6) is 5.75 Å². The second-order valence-electron chi connectivity index (χ2n) is 7.29. The van der Waals surface area contributed by atoms with Crippen LogP contribution in [-0.2, 0) is 11.3 Å². The summed E-state index contributed by atoms with van der Waals surface area (Å²) in [6, 6.07) is 16.0. The van der Waals surface area contributed by atoms with Gasteiger partial charge in [-0.05, 0) is 32.0 Å². The van der Waals surface area contributed by atoms with Crippen LogP contribution in [-0.4, -0.2) is 50.3 Å². The van der Waals surface area contributed by atoms with Crippen molar-refractivity contribution in [2.75, 3.05) is 44.3 Å². The summed E-state index contributed by atoms with van der Waals surface area (Å²) in [5, 5.41) is 0.977. The summed E-state index contributed by atoms with van der Waals surface area (Å²) < 4.78 is 16.9. The molecule has 1 aliphatic heterocycles. The molecule has 0 radical (unpaired) electrons. The second kappa shape index (κ2) is 9.22. The molecule has 0 aliphatic carbocycles. The number of nitrogens with zero attached hydrogens (tertiary/aromatic N) is 2. The van der Waals surface area contributed by atoms with Crippen LogP contribution in [0.25, 0.3) is 11.0 Å². The third-order valence-electron chi connectivity index (χ3n) is 5.42. The fraction of sp³-hybridized carbons (Fsp3) is 0.375. The average molecular weight is 408 g/mol. The topological polar surface area (TPSA) is 55.2 Å². The van der Waals surface area contributed by atoms with E-state index in [2.05, 4.69) is 15.9 Å². The molecule has 1 aromatic heterocycles. The summed E-state index contributed by atoms with van der Waals surface area (Å²) >= 11 is 0. The molecule has 0 N–H and O–H groups in total. The zero-order valence-electron chi connectivity index (χ0n) is 17.6. The molecule has 1 saturated heterocycles. The number of hydrogen-bond acceptors (Lipinski definition) is 6. The van der Waals surface area contributed by atoms with E-state index in [9.17, 15) is 4.79 Å². The Morgan fingerprint density at radius 3 is 2.47 bits per heavy atom. The van der Waals surface area contributed by atoms with Gasteiger partial charge in [-0.1, -0.05) is 30.3 Å². The first kappa shape index (κ1) is 20.3. The lowest BCUT2D eigenvalue weighted by molar-refractivity contribution is 0.0489. The van der Waals surface area contributed by atoms with Gasteiger partial charge < -0.3 is 18.8 Å². The maximum absolute atomic E-state index is 12.5. The van der Waals surface area contributed by atoms with Crippen molar-refractivity contribution in [2.24, 2.45) is 0 Å². The Morgan fingerprint density at radius 1 is 0.967 bits per heavy atom. The molecule has 4 rings (SSSR count). The molecule has 0 spiro atoms. The van der Waals surface area contributed by atoms with E-state index in [0.29, 0.717) is 25.5 Å². The number of fused-ring (bicyclic) bond motifs is 1. The summed E-state index contributed by atoms with van der Waals surface area (Å²) in [6.07, 6.45) is 0. The van der Waals surface area contributed by atoms with Gasteiger partial charge >= 0.3 is 5.97 Å². The van der Waals surface area contributed by atoms with E-state index in [1.807, 2.05) is 49.4 Å². The Balaban J connectivity index is 1.50. The first-order valence-electron chi connectivity index (χ1n) is 10.6. The van der Waals surface area contributed by atoms with Gasteiger partial charge in [-0.3, -0.25) is 4.90 Å². The first-order chi connectivity index (χ1) is 14.7. The predicted molar refractivity (Wildman–Crippen MR) is 117 cm³/mol. The lowest BCUT2D eigenvalue weighted by Crippen LogP contribution is -2.46. The molecule has 6 nitrogen and oxygen atoms in total. The maximum atomic E-state index is 12.5. The fourth-order valence-corrected chi connectivity index (χ4v) is 3.98. The fourth-order valence-electron chi connectivity index (χ4n) is 3.98. The van der Waals surface area contributed by atoms with E-state index in [0.717, 1.165) is 54.1 Å². The molecule has 30 heavy (non-hydrogen) atoms. The number of esters is 1. The highest BCUT2D eigenvalue weighted by Crippen LogP contribution is 2.31. The van der Waals surface area contributed by atoms with Crippen LogP contribution >= 0.6 is 0 Å². The van der Waals surface area contributed by atoms with Gasteiger partial charge in [-0.2, -0.15) is 0 Å². The van der Waals surface area contributed by atoms with Crippen molar-refractivity contribution < 1.29 is 18.7 Å². The van der Waals surface area contributed by atoms with E-state index in [1.165, 1.54) is 0 Å². The predicted octanol–water partition coefficient (Wildman–Crippen LogP) is 4.33. The number of rotatable bonds is 7. The van der Waals surface area contributed by atoms with Crippen molar-refractivity contribution in [3.05, 3.63) is 59.9 Å². The van der Waals surface area contributed by atoms with Crippen LogP contribution in [0.1, 0.15) is 30.0 Å². The Morgan fingerprint density at radius 2 is 1.70 bits per heavy atom. The third-order valence-corrected chi connectivity index (χ3v) is 5.42. The minimum atomic E-state index is -0.395. The summed E-state index contributed by atoms with van der Waals surface area (Å²) in [5.41, 5.74) is 2.77. The highest BCUT2D eigenvalue weighted by molar-refractivity contribution is 5.96. The first-order valence-corrected chi connectivity index (χ1v) is 10.6. The van der Waals surface area contributed by atoms with E-state index in [1.54, 1.807) is 6.92 Å². The highest BCUT2D eigenvalue weighted by Gasteiger charge is 2.26. The van der Waals surface area contributed by atoms with Crippen LogP contribution in [0.15, 0.2) is 52.9 Å². The number of anilines is 1. The minimum absolute atomic E-state index is 0.321. The highest BCUT2D eigenvalue weighted by atomic mass is 16.5. The second-order valence-corrected chi connectivity index (χ2v) is 7.29.